The van der Waals surface area contributed by atoms with Gasteiger partial charge in [0.2, 0.25) is 0 Å². The van der Waals surface area contributed by atoms with E-state index in [2.05, 4.69) is 15.2 Å². The Morgan fingerprint density at radius 3 is 2.73 bits per heavy atom. The SMILES string of the molecule is O=C(NCCN1CCCCC1)c1ncc(-c2ccccc2)s1. The zero-order chi connectivity index (χ0) is 15.2. The summed E-state index contributed by atoms with van der Waals surface area (Å²) in [5.74, 6) is -0.0656. The van der Waals surface area contributed by atoms with Crippen LogP contribution in [0.5, 0.6) is 0 Å². The molecule has 0 aliphatic carbocycles. The fourth-order valence-corrected chi connectivity index (χ4v) is 3.54. The van der Waals surface area contributed by atoms with Gasteiger partial charge in [-0.05, 0) is 31.5 Å². The monoisotopic (exact) mass is 315 g/mol. The zero-order valence-corrected chi connectivity index (χ0v) is 13.4. The fourth-order valence-electron chi connectivity index (χ4n) is 2.70. The van der Waals surface area contributed by atoms with E-state index < -0.39 is 0 Å². The molecule has 0 bridgehead atoms. The minimum absolute atomic E-state index is 0.0656. The number of benzene rings is 1. The van der Waals surface area contributed by atoms with Gasteiger partial charge in [0.1, 0.15) is 0 Å². The molecule has 1 N–H and O–H groups in total. The van der Waals surface area contributed by atoms with E-state index in [1.54, 1.807) is 6.20 Å². The van der Waals surface area contributed by atoms with Gasteiger partial charge in [-0.3, -0.25) is 4.79 Å². The van der Waals surface area contributed by atoms with Crippen LogP contribution in [0.1, 0.15) is 29.1 Å². The largest absolute Gasteiger partial charge is 0.349 e. The Hall–Kier alpha value is -1.72. The standard InChI is InChI=1S/C17H21N3OS/c21-16(18-9-12-20-10-5-2-6-11-20)17-19-13-15(22-17)14-7-3-1-4-8-14/h1,3-4,7-8,13H,2,5-6,9-12H2,(H,18,21). The van der Waals surface area contributed by atoms with Crippen molar-refractivity contribution in [3.05, 3.63) is 41.5 Å². The Morgan fingerprint density at radius 1 is 1.18 bits per heavy atom. The lowest BCUT2D eigenvalue weighted by atomic mass is 10.1. The van der Waals surface area contributed by atoms with Crippen LogP contribution in [0.3, 0.4) is 0 Å². The topological polar surface area (TPSA) is 45.2 Å². The van der Waals surface area contributed by atoms with Crippen molar-refractivity contribution in [1.29, 1.82) is 0 Å². The summed E-state index contributed by atoms with van der Waals surface area (Å²) in [5, 5.41) is 3.52. The van der Waals surface area contributed by atoms with Gasteiger partial charge < -0.3 is 10.2 Å². The number of nitrogens with zero attached hydrogens (tertiary/aromatic N) is 2. The van der Waals surface area contributed by atoms with Crippen molar-refractivity contribution in [3.63, 3.8) is 0 Å². The van der Waals surface area contributed by atoms with Crippen molar-refractivity contribution in [3.8, 4) is 10.4 Å². The Morgan fingerprint density at radius 2 is 1.95 bits per heavy atom. The molecule has 2 heterocycles. The molecule has 3 rings (SSSR count). The predicted octanol–water partition coefficient (Wildman–Crippen LogP) is 3.03. The maximum Gasteiger partial charge on any atom is 0.280 e. The minimum Gasteiger partial charge on any atom is -0.349 e. The van der Waals surface area contributed by atoms with Gasteiger partial charge in [0.05, 0.1) is 4.88 Å². The molecule has 0 atom stereocenters. The Labute approximate surface area is 135 Å². The number of amides is 1. The van der Waals surface area contributed by atoms with Crippen molar-refractivity contribution in [1.82, 2.24) is 15.2 Å². The molecular formula is C17H21N3OS. The normalized spacial score (nSPS) is 15.6. The number of thiazole rings is 1. The third kappa shape index (κ3) is 3.93. The number of rotatable bonds is 5. The maximum atomic E-state index is 12.1. The molecule has 1 aromatic heterocycles. The summed E-state index contributed by atoms with van der Waals surface area (Å²) in [5.41, 5.74) is 1.10. The lowest BCUT2D eigenvalue weighted by molar-refractivity contribution is 0.0946. The molecule has 1 amide bonds. The highest BCUT2D eigenvalue weighted by Crippen LogP contribution is 2.25. The second-order valence-electron chi connectivity index (χ2n) is 5.55. The molecule has 1 aliphatic rings. The lowest BCUT2D eigenvalue weighted by Crippen LogP contribution is -2.37. The van der Waals surface area contributed by atoms with Gasteiger partial charge in [0.15, 0.2) is 5.01 Å². The summed E-state index contributed by atoms with van der Waals surface area (Å²) in [7, 11) is 0. The predicted molar refractivity (Wildman–Crippen MR) is 90.2 cm³/mol. The second-order valence-corrected chi connectivity index (χ2v) is 6.58. The summed E-state index contributed by atoms with van der Waals surface area (Å²) in [6, 6.07) is 10.0. The van der Waals surface area contributed by atoms with Crippen LogP contribution in [0.25, 0.3) is 10.4 Å². The van der Waals surface area contributed by atoms with Crippen LogP contribution in [-0.2, 0) is 0 Å². The minimum atomic E-state index is -0.0656. The van der Waals surface area contributed by atoms with Crippen molar-refractivity contribution < 1.29 is 4.79 Å². The molecule has 4 nitrogen and oxygen atoms in total. The first-order valence-corrected chi connectivity index (χ1v) is 8.66. The van der Waals surface area contributed by atoms with Gasteiger partial charge in [-0.2, -0.15) is 0 Å². The van der Waals surface area contributed by atoms with Crippen LogP contribution in [0.15, 0.2) is 36.5 Å². The number of hydrogen-bond donors (Lipinski definition) is 1. The van der Waals surface area contributed by atoms with Gasteiger partial charge >= 0.3 is 0 Å². The smallest absolute Gasteiger partial charge is 0.280 e. The number of carbonyl (C=O) groups is 1. The first-order chi connectivity index (χ1) is 10.8. The maximum absolute atomic E-state index is 12.1. The lowest BCUT2D eigenvalue weighted by Gasteiger charge is -2.26. The summed E-state index contributed by atoms with van der Waals surface area (Å²) < 4.78 is 0. The van der Waals surface area contributed by atoms with Gasteiger partial charge in [0.25, 0.3) is 5.91 Å². The van der Waals surface area contributed by atoms with E-state index in [9.17, 15) is 4.79 Å². The van der Waals surface area contributed by atoms with E-state index >= 15 is 0 Å². The molecule has 0 spiro atoms. The van der Waals surface area contributed by atoms with E-state index in [4.69, 9.17) is 0 Å². The first-order valence-electron chi connectivity index (χ1n) is 7.85. The first kappa shape index (κ1) is 15.2. The molecule has 1 fully saturated rings. The molecule has 0 saturated carbocycles. The Bertz CT molecular complexity index is 605. The van der Waals surface area contributed by atoms with Crippen LogP contribution in [-0.4, -0.2) is 42.0 Å². The average molecular weight is 315 g/mol. The molecular weight excluding hydrogens is 294 g/mol. The molecule has 2 aromatic rings. The number of aromatic nitrogens is 1. The average Bonchev–Trinajstić information content (AvgIpc) is 3.07. The van der Waals surface area contributed by atoms with Gasteiger partial charge in [-0.25, -0.2) is 4.98 Å². The Kier molecular flexibility index (Phi) is 5.19. The van der Waals surface area contributed by atoms with E-state index in [1.807, 2.05) is 30.3 Å². The third-order valence-corrected chi connectivity index (χ3v) is 4.97. The summed E-state index contributed by atoms with van der Waals surface area (Å²) in [6.45, 7) is 3.94. The van der Waals surface area contributed by atoms with E-state index in [0.717, 1.165) is 30.1 Å². The van der Waals surface area contributed by atoms with Crippen molar-refractivity contribution in [2.75, 3.05) is 26.2 Å². The molecule has 0 radical (unpaired) electrons. The van der Waals surface area contributed by atoms with E-state index in [0.29, 0.717) is 11.6 Å². The number of likely N-dealkylation sites (tertiary alicyclic amines) is 1. The number of piperidine rings is 1. The summed E-state index contributed by atoms with van der Waals surface area (Å²) in [4.78, 5) is 19.8. The number of hydrogen-bond acceptors (Lipinski definition) is 4. The molecule has 22 heavy (non-hydrogen) atoms. The van der Waals surface area contributed by atoms with Gasteiger partial charge in [-0.15, -0.1) is 11.3 Å². The quantitative estimate of drug-likeness (QED) is 0.922. The third-order valence-electron chi connectivity index (χ3n) is 3.92. The highest BCUT2D eigenvalue weighted by molar-refractivity contribution is 7.16. The van der Waals surface area contributed by atoms with Gasteiger partial charge in [-0.1, -0.05) is 36.8 Å². The number of nitrogens with one attached hydrogen (secondary N) is 1. The summed E-state index contributed by atoms with van der Waals surface area (Å²) in [6.07, 6.45) is 5.67. The van der Waals surface area contributed by atoms with E-state index in [-0.39, 0.29) is 5.91 Å². The van der Waals surface area contributed by atoms with Gasteiger partial charge in [0, 0.05) is 19.3 Å². The Balaban J connectivity index is 1.51. The zero-order valence-electron chi connectivity index (χ0n) is 12.6. The number of carbonyl (C=O) groups excluding carboxylic acids is 1. The highest BCUT2D eigenvalue weighted by atomic mass is 32.1. The molecule has 1 aliphatic heterocycles. The molecule has 5 heteroatoms. The van der Waals surface area contributed by atoms with Crippen molar-refractivity contribution in [2.45, 2.75) is 19.3 Å². The van der Waals surface area contributed by atoms with Crippen LogP contribution < -0.4 is 5.32 Å². The van der Waals surface area contributed by atoms with Crippen LogP contribution in [0.2, 0.25) is 0 Å². The van der Waals surface area contributed by atoms with Crippen molar-refractivity contribution in [2.24, 2.45) is 0 Å². The molecule has 0 unspecified atom stereocenters. The van der Waals surface area contributed by atoms with Crippen molar-refractivity contribution >= 4 is 17.2 Å². The fraction of sp³-hybridized carbons (Fsp3) is 0.412. The van der Waals surface area contributed by atoms with Crippen LogP contribution in [0, 0.1) is 0 Å². The van der Waals surface area contributed by atoms with E-state index in [1.165, 1.54) is 30.6 Å². The molecule has 116 valence electrons. The molecule has 1 aromatic carbocycles. The second kappa shape index (κ2) is 7.51. The van der Waals surface area contributed by atoms with Crippen LogP contribution in [0.4, 0.5) is 0 Å². The molecule has 1 saturated heterocycles. The van der Waals surface area contributed by atoms with Crippen LogP contribution >= 0.6 is 11.3 Å². The summed E-state index contributed by atoms with van der Waals surface area (Å²) >= 11 is 1.44. The highest BCUT2D eigenvalue weighted by Gasteiger charge is 2.13.